The Labute approximate surface area is 148 Å². The Bertz CT molecular complexity index is 733. The third-order valence-corrected chi connectivity index (χ3v) is 3.68. The minimum atomic E-state index is -4.53. The van der Waals surface area contributed by atoms with Crippen LogP contribution in [0, 0.1) is 0 Å². The summed E-state index contributed by atoms with van der Waals surface area (Å²) in [6.07, 6.45) is -0.935. The number of benzene rings is 1. The molecule has 0 unspecified atom stereocenters. The number of hydrogen-bond acceptors (Lipinski definition) is 3. The van der Waals surface area contributed by atoms with Gasteiger partial charge >= 0.3 is 6.18 Å². The topological polar surface area (TPSA) is 54.0 Å². The van der Waals surface area contributed by atoms with Crippen molar-refractivity contribution in [2.45, 2.75) is 32.4 Å². The Balaban J connectivity index is 2.05. The summed E-state index contributed by atoms with van der Waals surface area (Å²) in [4.78, 5) is 15.7. The van der Waals surface area contributed by atoms with Crippen molar-refractivity contribution in [2.24, 2.45) is 0 Å². The van der Waals surface area contributed by atoms with E-state index in [1.165, 1.54) is 18.3 Å². The average molecular weight is 372 g/mol. The van der Waals surface area contributed by atoms with Gasteiger partial charge in [-0.15, -0.1) is 0 Å². The number of unbranched alkanes of at least 4 members (excludes halogenated alkanes) is 1. The van der Waals surface area contributed by atoms with Crippen molar-refractivity contribution in [1.29, 1.82) is 0 Å². The zero-order chi connectivity index (χ0) is 18.4. The molecule has 8 heteroatoms. The van der Waals surface area contributed by atoms with Gasteiger partial charge in [-0.05, 0) is 36.8 Å². The minimum Gasteiger partial charge on any atom is -0.340 e. The zero-order valence-corrected chi connectivity index (χ0v) is 14.2. The molecule has 0 aliphatic carbocycles. The van der Waals surface area contributed by atoms with Crippen LogP contribution in [-0.2, 0) is 11.0 Å². The summed E-state index contributed by atoms with van der Waals surface area (Å²) < 4.78 is 38.6. The zero-order valence-electron chi connectivity index (χ0n) is 13.5. The first-order valence-electron chi connectivity index (χ1n) is 7.69. The summed E-state index contributed by atoms with van der Waals surface area (Å²) in [6.45, 7) is 2.00. The van der Waals surface area contributed by atoms with E-state index in [2.05, 4.69) is 15.6 Å². The number of alkyl halides is 3. The van der Waals surface area contributed by atoms with E-state index in [0.717, 1.165) is 18.9 Å². The van der Waals surface area contributed by atoms with Gasteiger partial charge in [-0.3, -0.25) is 4.79 Å². The van der Waals surface area contributed by atoms with E-state index in [1.807, 2.05) is 6.92 Å². The molecule has 134 valence electrons. The number of aromatic nitrogens is 1. The monoisotopic (exact) mass is 371 g/mol. The predicted octanol–water partition coefficient (Wildman–Crippen LogP) is 5.63. The van der Waals surface area contributed by atoms with Crippen LogP contribution in [0.25, 0.3) is 0 Å². The first-order valence-corrected chi connectivity index (χ1v) is 8.07. The Morgan fingerprint density at radius 2 is 1.92 bits per heavy atom. The molecule has 0 aliphatic rings. The number of hydrogen-bond donors (Lipinski definition) is 2. The molecule has 2 aromatic rings. The molecule has 0 bridgehead atoms. The second-order valence-corrected chi connectivity index (χ2v) is 5.81. The molecule has 0 radical (unpaired) electrons. The maximum Gasteiger partial charge on any atom is 0.417 e. The predicted molar refractivity (Wildman–Crippen MR) is 92.1 cm³/mol. The molecule has 1 aromatic carbocycles. The summed E-state index contributed by atoms with van der Waals surface area (Å²) >= 11 is 5.59. The Morgan fingerprint density at radius 3 is 2.52 bits per heavy atom. The fourth-order valence-corrected chi connectivity index (χ4v) is 2.30. The molecule has 0 aliphatic heterocycles. The first-order chi connectivity index (χ1) is 11.8. The third-order valence-electron chi connectivity index (χ3n) is 3.35. The smallest absolute Gasteiger partial charge is 0.340 e. The molecule has 0 atom stereocenters. The van der Waals surface area contributed by atoms with Gasteiger partial charge in [0.15, 0.2) is 0 Å². The summed E-state index contributed by atoms with van der Waals surface area (Å²) in [7, 11) is 0. The van der Waals surface area contributed by atoms with E-state index in [1.54, 1.807) is 12.1 Å². The molecule has 2 N–H and O–H groups in total. The van der Waals surface area contributed by atoms with Crippen LogP contribution < -0.4 is 10.6 Å². The van der Waals surface area contributed by atoms with E-state index in [9.17, 15) is 18.0 Å². The maximum absolute atomic E-state index is 12.9. The van der Waals surface area contributed by atoms with Crippen LogP contribution in [0.4, 0.5) is 30.4 Å². The van der Waals surface area contributed by atoms with Gasteiger partial charge < -0.3 is 10.6 Å². The van der Waals surface area contributed by atoms with Gasteiger partial charge in [-0.25, -0.2) is 4.98 Å². The number of rotatable bonds is 6. The van der Waals surface area contributed by atoms with E-state index in [-0.39, 0.29) is 16.6 Å². The Hall–Kier alpha value is -2.28. The molecule has 4 nitrogen and oxygen atoms in total. The lowest BCUT2D eigenvalue weighted by molar-refractivity contribution is -0.137. The summed E-state index contributed by atoms with van der Waals surface area (Å²) in [5, 5.41) is 5.12. The third kappa shape index (κ3) is 5.63. The largest absolute Gasteiger partial charge is 0.417 e. The van der Waals surface area contributed by atoms with Crippen molar-refractivity contribution in [3.05, 3.63) is 47.1 Å². The van der Waals surface area contributed by atoms with E-state index >= 15 is 0 Å². The second-order valence-electron chi connectivity index (χ2n) is 5.40. The number of nitrogens with zero attached hydrogens (tertiary/aromatic N) is 1. The fourth-order valence-electron chi connectivity index (χ4n) is 2.07. The molecule has 0 fully saturated rings. The number of carbonyl (C=O) groups is 1. The second kappa shape index (κ2) is 8.20. The number of amides is 1. The molecule has 0 spiro atoms. The van der Waals surface area contributed by atoms with E-state index in [0.29, 0.717) is 17.9 Å². The molecule has 1 aromatic heterocycles. The lowest BCUT2D eigenvalue weighted by Crippen LogP contribution is -2.11. The maximum atomic E-state index is 12.9. The lowest BCUT2D eigenvalue weighted by Gasteiger charge is -2.12. The Morgan fingerprint density at radius 1 is 1.20 bits per heavy atom. The van der Waals surface area contributed by atoms with Crippen LogP contribution in [0.5, 0.6) is 0 Å². The van der Waals surface area contributed by atoms with Crippen molar-refractivity contribution in [2.75, 3.05) is 10.6 Å². The van der Waals surface area contributed by atoms with Crippen LogP contribution >= 0.6 is 11.6 Å². The highest BCUT2D eigenvalue weighted by Crippen LogP contribution is 2.36. The van der Waals surface area contributed by atoms with Crippen LogP contribution in [0.2, 0.25) is 5.02 Å². The Kier molecular flexibility index (Phi) is 6.25. The van der Waals surface area contributed by atoms with Gasteiger partial charge in [0.25, 0.3) is 0 Å². The number of nitrogens with one attached hydrogen (secondary N) is 2. The highest BCUT2D eigenvalue weighted by molar-refractivity contribution is 6.31. The summed E-state index contributed by atoms with van der Waals surface area (Å²) in [5.41, 5.74) is -0.179. The SMILES string of the molecule is CCCCC(=O)Nc1ccc(Nc2ccc(Cl)c(C(F)(F)F)c2)nc1. The highest BCUT2D eigenvalue weighted by Gasteiger charge is 2.33. The molecule has 2 rings (SSSR count). The molecule has 1 amide bonds. The molecular weight excluding hydrogens is 355 g/mol. The van der Waals surface area contributed by atoms with Gasteiger partial charge in [0, 0.05) is 12.1 Å². The lowest BCUT2D eigenvalue weighted by atomic mass is 10.2. The molecule has 1 heterocycles. The van der Waals surface area contributed by atoms with Crippen molar-refractivity contribution in [3.8, 4) is 0 Å². The van der Waals surface area contributed by atoms with Gasteiger partial charge in [0.05, 0.1) is 22.5 Å². The number of anilines is 3. The molecule has 0 saturated heterocycles. The van der Waals surface area contributed by atoms with E-state index in [4.69, 9.17) is 11.6 Å². The van der Waals surface area contributed by atoms with Gasteiger partial charge in [-0.1, -0.05) is 24.9 Å². The van der Waals surface area contributed by atoms with Crippen LogP contribution in [0.15, 0.2) is 36.5 Å². The summed E-state index contributed by atoms with van der Waals surface area (Å²) in [5.74, 6) is 0.249. The van der Waals surface area contributed by atoms with Crippen LogP contribution in [0.1, 0.15) is 31.7 Å². The highest BCUT2D eigenvalue weighted by atomic mass is 35.5. The molecule has 25 heavy (non-hydrogen) atoms. The van der Waals surface area contributed by atoms with E-state index < -0.39 is 11.7 Å². The van der Waals surface area contributed by atoms with Crippen LogP contribution in [-0.4, -0.2) is 10.9 Å². The average Bonchev–Trinajstić information content (AvgIpc) is 2.55. The van der Waals surface area contributed by atoms with Gasteiger partial charge in [0.1, 0.15) is 5.82 Å². The number of pyridine rings is 1. The number of carbonyl (C=O) groups excluding carboxylic acids is 1. The quantitative estimate of drug-likeness (QED) is 0.692. The standard InChI is InChI=1S/C17H17ClF3N3O/c1-2-3-4-16(25)24-12-6-8-15(22-10-12)23-11-5-7-14(18)13(9-11)17(19,20)21/h5-10H,2-4H2,1H3,(H,22,23)(H,24,25). The van der Waals surface area contributed by atoms with Crippen molar-refractivity contribution in [3.63, 3.8) is 0 Å². The van der Waals surface area contributed by atoms with Gasteiger partial charge in [-0.2, -0.15) is 13.2 Å². The minimum absolute atomic E-state index is 0.100. The first kappa shape index (κ1) is 19.1. The van der Waals surface area contributed by atoms with Crippen molar-refractivity contribution < 1.29 is 18.0 Å². The molecule has 0 saturated carbocycles. The van der Waals surface area contributed by atoms with Crippen molar-refractivity contribution >= 4 is 34.7 Å². The van der Waals surface area contributed by atoms with Crippen molar-refractivity contribution in [1.82, 2.24) is 4.98 Å². The van der Waals surface area contributed by atoms with Gasteiger partial charge in [0.2, 0.25) is 5.91 Å². The fraction of sp³-hybridized carbons (Fsp3) is 0.294. The summed E-state index contributed by atoms with van der Waals surface area (Å²) in [6, 6.07) is 6.72. The molecular formula is C17H17ClF3N3O. The van der Waals surface area contributed by atoms with Crippen LogP contribution in [0.3, 0.4) is 0 Å². The normalized spacial score (nSPS) is 11.2. The number of halogens is 4.